The SMILES string of the molecule is O=c1[nH]c(CCl)nc2cc(Br)cc(F)c12. The second-order valence-electron chi connectivity index (χ2n) is 2.93. The molecule has 0 amide bonds. The number of nitrogens with zero attached hydrogens (tertiary/aromatic N) is 1. The zero-order valence-corrected chi connectivity index (χ0v) is 9.69. The van der Waals surface area contributed by atoms with Crippen molar-refractivity contribution < 1.29 is 4.39 Å². The fraction of sp³-hybridized carbons (Fsp3) is 0.111. The fourth-order valence-electron chi connectivity index (χ4n) is 1.30. The minimum Gasteiger partial charge on any atom is -0.309 e. The van der Waals surface area contributed by atoms with Crippen molar-refractivity contribution in [1.29, 1.82) is 0 Å². The average molecular weight is 292 g/mol. The minimum absolute atomic E-state index is 0.0490. The number of aromatic amines is 1. The number of fused-ring (bicyclic) bond motifs is 1. The highest BCUT2D eigenvalue weighted by Crippen LogP contribution is 2.19. The summed E-state index contributed by atoms with van der Waals surface area (Å²) < 4.78 is 14.0. The molecule has 0 aliphatic rings. The molecule has 78 valence electrons. The molecule has 1 N–H and O–H groups in total. The van der Waals surface area contributed by atoms with E-state index in [0.717, 1.165) is 0 Å². The van der Waals surface area contributed by atoms with E-state index >= 15 is 0 Å². The molecule has 0 aliphatic carbocycles. The Morgan fingerprint density at radius 1 is 1.53 bits per heavy atom. The van der Waals surface area contributed by atoms with Gasteiger partial charge in [-0.2, -0.15) is 0 Å². The van der Waals surface area contributed by atoms with Crippen molar-refractivity contribution >= 4 is 38.4 Å². The molecular formula is C9H5BrClFN2O. The Bertz CT molecular complexity index is 584. The normalized spacial score (nSPS) is 10.9. The van der Waals surface area contributed by atoms with Gasteiger partial charge in [0.2, 0.25) is 0 Å². The molecule has 0 atom stereocenters. The summed E-state index contributed by atoms with van der Waals surface area (Å²) in [5.74, 6) is -0.194. The van der Waals surface area contributed by atoms with Crippen molar-refractivity contribution in [1.82, 2.24) is 9.97 Å². The highest BCUT2D eigenvalue weighted by Gasteiger charge is 2.09. The standard InChI is InChI=1S/C9H5BrClFN2O/c10-4-1-5(12)8-6(2-4)13-7(3-11)14-9(8)15/h1-2H,3H2,(H,13,14,15). The van der Waals surface area contributed by atoms with Gasteiger partial charge in [0.15, 0.2) is 0 Å². The third kappa shape index (κ3) is 1.89. The monoisotopic (exact) mass is 290 g/mol. The molecule has 1 aromatic carbocycles. The predicted molar refractivity (Wildman–Crippen MR) is 59.6 cm³/mol. The number of nitrogens with one attached hydrogen (secondary N) is 1. The van der Waals surface area contributed by atoms with Crippen LogP contribution < -0.4 is 5.56 Å². The Morgan fingerprint density at radius 2 is 2.27 bits per heavy atom. The minimum atomic E-state index is -0.603. The Kier molecular flexibility index (Phi) is 2.75. The molecule has 0 saturated heterocycles. The Hall–Kier alpha value is -0.940. The maximum absolute atomic E-state index is 13.4. The van der Waals surface area contributed by atoms with Gasteiger partial charge in [0.1, 0.15) is 17.0 Å². The van der Waals surface area contributed by atoms with E-state index in [9.17, 15) is 9.18 Å². The van der Waals surface area contributed by atoms with E-state index in [2.05, 4.69) is 25.9 Å². The molecule has 3 nitrogen and oxygen atoms in total. The van der Waals surface area contributed by atoms with E-state index < -0.39 is 11.4 Å². The van der Waals surface area contributed by atoms with Crippen LogP contribution in [0.5, 0.6) is 0 Å². The largest absolute Gasteiger partial charge is 0.309 e. The summed E-state index contributed by atoms with van der Waals surface area (Å²) in [5.41, 5.74) is -0.220. The summed E-state index contributed by atoms with van der Waals surface area (Å²) in [4.78, 5) is 17.9. The van der Waals surface area contributed by atoms with Crippen molar-refractivity contribution in [3.8, 4) is 0 Å². The van der Waals surface area contributed by atoms with Crippen molar-refractivity contribution in [2.24, 2.45) is 0 Å². The predicted octanol–water partition coefficient (Wildman–Crippen LogP) is 2.56. The van der Waals surface area contributed by atoms with Crippen LogP contribution in [0.3, 0.4) is 0 Å². The Morgan fingerprint density at radius 3 is 2.93 bits per heavy atom. The van der Waals surface area contributed by atoms with Crippen molar-refractivity contribution in [3.05, 3.63) is 38.6 Å². The maximum atomic E-state index is 13.4. The van der Waals surface area contributed by atoms with Crippen LogP contribution in [0, 0.1) is 5.82 Å². The molecule has 6 heteroatoms. The molecule has 0 bridgehead atoms. The summed E-state index contributed by atoms with van der Waals surface area (Å²) in [6, 6.07) is 2.79. The fourth-order valence-corrected chi connectivity index (χ4v) is 1.85. The summed E-state index contributed by atoms with van der Waals surface area (Å²) in [7, 11) is 0. The molecule has 0 fully saturated rings. The molecule has 2 rings (SSSR count). The lowest BCUT2D eigenvalue weighted by Crippen LogP contribution is -2.12. The van der Waals surface area contributed by atoms with Crippen LogP contribution in [-0.4, -0.2) is 9.97 Å². The van der Waals surface area contributed by atoms with E-state index in [1.165, 1.54) is 6.07 Å². The van der Waals surface area contributed by atoms with Crippen LogP contribution in [0.1, 0.15) is 5.82 Å². The van der Waals surface area contributed by atoms with Crippen LogP contribution >= 0.6 is 27.5 Å². The van der Waals surface area contributed by atoms with Crippen molar-refractivity contribution in [3.63, 3.8) is 0 Å². The third-order valence-corrected chi connectivity index (χ3v) is 2.61. The quantitative estimate of drug-likeness (QED) is 0.821. The van der Waals surface area contributed by atoms with Gasteiger partial charge in [-0.3, -0.25) is 4.79 Å². The number of aromatic nitrogens is 2. The first-order chi connectivity index (χ1) is 7.11. The average Bonchev–Trinajstić information content (AvgIpc) is 2.15. The molecule has 0 spiro atoms. The number of halogens is 3. The summed E-state index contributed by atoms with van der Waals surface area (Å²) in [5, 5.41) is -0.0490. The topological polar surface area (TPSA) is 45.8 Å². The van der Waals surface area contributed by atoms with Crippen molar-refractivity contribution in [2.45, 2.75) is 5.88 Å². The van der Waals surface area contributed by atoms with Gasteiger partial charge in [-0.15, -0.1) is 11.6 Å². The lowest BCUT2D eigenvalue weighted by atomic mass is 10.2. The summed E-state index contributed by atoms with van der Waals surface area (Å²) in [6.07, 6.45) is 0. The first kappa shape index (κ1) is 10.6. The lowest BCUT2D eigenvalue weighted by Gasteiger charge is -2.01. The van der Waals surface area contributed by atoms with Gasteiger partial charge in [0.05, 0.1) is 11.4 Å². The first-order valence-corrected chi connectivity index (χ1v) is 5.38. The molecule has 0 radical (unpaired) electrons. The summed E-state index contributed by atoms with van der Waals surface area (Å²) >= 11 is 8.67. The van der Waals surface area contributed by atoms with Gasteiger partial charge in [0, 0.05) is 4.47 Å². The zero-order chi connectivity index (χ0) is 11.0. The molecular weight excluding hydrogens is 286 g/mol. The second-order valence-corrected chi connectivity index (χ2v) is 4.11. The molecule has 15 heavy (non-hydrogen) atoms. The first-order valence-electron chi connectivity index (χ1n) is 4.05. The molecule has 0 saturated carbocycles. The number of hydrogen-bond acceptors (Lipinski definition) is 2. The van der Waals surface area contributed by atoms with Gasteiger partial charge in [-0.25, -0.2) is 9.37 Å². The van der Waals surface area contributed by atoms with Crippen LogP contribution in [0.25, 0.3) is 10.9 Å². The number of rotatable bonds is 1. The second kappa shape index (κ2) is 3.90. The van der Waals surface area contributed by atoms with E-state index in [1.807, 2.05) is 0 Å². The molecule has 0 aliphatic heterocycles. The van der Waals surface area contributed by atoms with Gasteiger partial charge in [-0.05, 0) is 12.1 Å². The molecule has 0 unspecified atom stereocenters. The smallest absolute Gasteiger partial charge is 0.261 e. The molecule has 1 heterocycles. The van der Waals surface area contributed by atoms with E-state index in [0.29, 0.717) is 15.8 Å². The highest BCUT2D eigenvalue weighted by molar-refractivity contribution is 9.10. The van der Waals surface area contributed by atoms with Gasteiger partial charge in [0.25, 0.3) is 5.56 Å². The van der Waals surface area contributed by atoms with Crippen molar-refractivity contribution in [2.75, 3.05) is 0 Å². The zero-order valence-electron chi connectivity index (χ0n) is 7.35. The highest BCUT2D eigenvalue weighted by atomic mass is 79.9. The van der Waals surface area contributed by atoms with E-state index in [-0.39, 0.29) is 11.3 Å². The van der Waals surface area contributed by atoms with E-state index in [4.69, 9.17) is 11.6 Å². The van der Waals surface area contributed by atoms with Crippen LogP contribution in [0.15, 0.2) is 21.4 Å². The third-order valence-electron chi connectivity index (χ3n) is 1.90. The van der Waals surface area contributed by atoms with Gasteiger partial charge < -0.3 is 4.98 Å². The lowest BCUT2D eigenvalue weighted by molar-refractivity contribution is 0.637. The Labute approximate surface area is 97.4 Å². The molecule has 1 aromatic heterocycles. The van der Waals surface area contributed by atoms with E-state index in [1.54, 1.807) is 6.07 Å². The van der Waals surface area contributed by atoms with Gasteiger partial charge in [-0.1, -0.05) is 15.9 Å². The van der Waals surface area contributed by atoms with Crippen LogP contribution in [-0.2, 0) is 5.88 Å². The Balaban J connectivity index is 2.91. The van der Waals surface area contributed by atoms with Gasteiger partial charge >= 0.3 is 0 Å². The number of H-pyrrole nitrogens is 1. The summed E-state index contributed by atoms with van der Waals surface area (Å²) in [6.45, 7) is 0. The van der Waals surface area contributed by atoms with Crippen LogP contribution in [0.2, 0.25) is 0 Å². The maximum Gasteiger partial charge on any atom is 0.261 e. The van der Waals surface area contributed by atoms with Crippen LogP contribution in [0.4, 0.5) is 4.39 Å². The number of alkyl halides is 1. The number of benzene rings is 1. The number of hydrogen-bond donors (Lipinski definition) is 1. The molecule has 2 aromatic rings.